The zero-order chi connectivity index (χ0) is 23.6. The molecular formula is C28H23ClN2O3. The summed E-state index contributed by atoms with van der Waals surface area (Å²) in [4.78, 5) is 12.3. The summed E-state index contributed by atoms with van der Waals surface area (Å²) >= 11 is 5.88. The van der Waals surface area contributed by atoms with E-state index in [0.29, 0.717) is 40.9 Å². The number of hydrogen-bond acceptors (Lipinski definition) is 4. The van der Waals surface area contributed by atoms with Crippen molar-refractivity contribution in [3.05, 3.63) is 130 Å². The molecule has 0 saturated heterocycles. The first-order valence-corrected chi connectivity index (χ1v) is 11.1. The molecule has 4 aromatic rings. The summed E-state index contributed by atoms with van der Waals surface area (Å²) in [5, 5.41) is 4.67. The molecule has 0 unspecified atom stereocenters. The van der Waals surface area contributed by atoms with Gasteiger partial charge < -0.3 is 9.47 Å². The third-order valence-electron chi connectivity index (χ3n) is 4.95. The van der Waals surface area contributed by atoms with Gasteiger partial charge in [-0.3, -0.25) is 4.79 Å². The Morgan fingerprint density at radius 3 is 2.06 bits per heavy atom. The van der Waals surface area contributed by atoms with E-state index < -0.39 is 0 Å². The van der Waals surface area contributed by atoms with Crippen LogP contribution in [-0.4, -0.2) is 12.1 Å². The molecule has 0 aliphatic carbocycles. The van der Waals surface area contributed by atoms with Crippen LogP contribution in [0, 0.1) is 0 Å². The Kier molecular flexibility index (Phi) is 7.93. The Morgan fingerprint density at radius 1 is 0.794 bits per heavy atom. The molecule has 0 saturated carbocycles. The topological polar surface area (TPSA) is 59.9 Å². The Morgan fingerprint density at radius 2 is 1.41 bits per heavy atom. The Bertz CT molecular complexity index is 1240. The second-order valence-electron chi connectivity index (χ2n) is 7.45. The number of amides is 1. The third kappa shape index (κ3) is 6.70. The predicted molar refractivity (Wildman–Crippen MR) is 135 cm³/mol. The maximum absolute atomic E-state index is 12.3. The van der Waals surface area contributed by atoms with Crippen LogP contribution in [0.5, 0.6) is 11.5 Å². The van der Waals surface area contributed by atoms with E-state index in [1.54, 1.807) is 30.5 Å². The number of hydrazone groups is 1. The number of rotatable bonds is 9. The van der Waals surface area contributed by atoms with Gasteiger partial charge in [-0.25, -0.2) is 5.43 Å². The van der Waals surface area contributed by atoms with E-state index in [1.807, 2.05) is 78.9 Å². The average molecular weight is 471 g/mol. The molecule has 6 heteroatoms. The monoisotopic (exact) mass is 470 g/mol. The molecular weight excluding hydrogens is 448 g/mol. The molecule has 0 spiro atoms. The van der Waals surface area contributed by atoms with Crippen molar-refractivity contribution in [2.24, 2.45) is 5.10 Å². The van der Waals surface area contributed by atoms with E-state index in [2.05, 4.69) is 10.5 Å². The predicted octanol–water partition coefficient (Wildman–Crippen LogP) is 6.26. The van der Waals surface area contributed by atoms with Crippen molar-refractivity contribution in [2.45, 2.75) is 13.2 Å². The van der Waals surface area contributed by atoms with E-state index in [0.717, 1.165) is 11.1 Å². The molecule has 0 heterocycles. The van der Waals surface area contributed by atoms with Crippen LogP contribution in [0.2, 0.25) is 5.02 Å². The molecule has 4 rings (SSSR count). The fraction of sp³-hybridized carbons (Fsp3) is 0.0714. The molecule has 4 aromatic carbocycles. The molecule has 1 amide bonds. The summed E-state index contributed by atoms with van der Waals surface area (Å²) in [7, 11) is 0. The molecule has 0 aliphatic heterocycles. The van der Waals surface area contributed by atoms with Crippen LogP contribution in [0.4, 0.5) is 0 Å². The van der Waals surface area contributed by atoms with Gasteiger partial charge in [0.25, 0.3) is 5.91 Å². The molecule has 0 bridgehead atoms. The molecule has 1 N–H and O–H groups in total. The normalized spacial score (nSPS) is 10.7. The summed E-state index contributed by atoms with van der Waals surface area (Å²) in [5.41, 5.74) is 5.81. The van der Waals surface area contributed by atoms with E-state index >= 15 is 0 Å². The van der Waals surface area contributed by atoms with Crippen molar-refractivity contribution in [1.29, 1.82) is 0 Å². The Balaban J connectivity index is 1.47. The first kappa shape index (κ1) is 23.1. The van der Waals surface area contributed by atoms with Crippen LogP contribution < -0.4 is 14.9 Å². The highest BCUT2D eigenvalue weighted by Gasteiger charge is 2.08. The number of hydrogen-bond donors (Lipinski definition) is 1. The lowest BCUT2D eigenvalue weighted by Gasteiger charge is -2.12. The summed E-state index contributed by atoms with van der Waals surface area (Å²) in [6.45, 7) is 0.838. The lowest BCUT2D eigenvalue weighted by atomic mass is 10.2. The number of carbonyl (C=O) groups excluding carboxylic acids is 1. The second-order valence-corrected chi connectivity index (χ2v) is 7.89. The van der Waals surface area contributed by atoms with Gasteiger partial charge in [0.15, 0.2) is 0 Å². The number of ether oxygens (including phenoxy) is 2. The fourth-order valence-corrected chi connectivity index (χ4v) is 3.26. The van der Waals surface area contributed by atoms with Crippen molar-refractivity contribution in [3.63, 3.8) is 0 Å². The van der Waals surface area contributed by atoms with Gasteiger partial charge in [0.1, 0.15) is 24.7 Å². The van der Waals surface area contributed by atoms with Crippen molar-refractivity contribution >= 4 is 23.7 Å². The van der Waals surface area contributed by atoms with Crippen LogP contribution in [0.25, 0.3) is 0 Å². The third-order valence-corrected chi connectivity index (χ3v) is 5.20. The molecule has 34 heavy (non-hydrogen) atoms. The van der Waals surface area contributed by atoms with E-state index in [4.69, 9.17) is 21.1 Å². The van der Waals surface area contributed by atoms with Gasteiger partial charge >= 0.3 is 0 Å². The van der Waals surface area contributed by atoms with Crippen LogP contribution in [0.1, 0.15) is 27.0 Å². The lowest BCUT2D eigenvalue weighted by molar-refractivity contribution is 0.0955. The molecule has 0 fully saturated rings. The first-order valence-electron chi connectivity index (χ1n) is 10.7. The summed E-state index contributed by atoms with van der Waals surface area (Å²) in [6, 6.07) is 31.9. The Labute approximate surface area is 203 Å². The standard InChI is InChI=1S/C28H23ClN2O3/c29-25-14-11-23(12-15-25)28(32)31-30-18-24-13-16-26(33-19-21-7-3-1-4-8-21)17-27(24)34-20-22-9-5-2-6-10-22/h1-18H,19-20H2,(H,31,32). The molecule has 5 nitrogen and oxygen atoms in total. The minimum absolute atomic E-state index is 0.331. The van der Waals surface area contributed by atoms with Gasteiger partial charge in [-0.05, 0) is 47.5 Å². The minimum atomic E-state index is -0.331. The van der Waals surface area contributed by atoms with Gasteiger partial charge in [0.2, 0.25) is 0 Å². The van der Waals surface area contributed by atoms with Gasteiger partial charge in [-0.2, -0.15) is 5.10 Å². The van der Waals surface area contributed by atoms with Crippen LogP contribution in [-0.2, 0) is 13.2 Å². The van der Waals surface area contributed by atoms with Crippen molar-refractivity contribution in [1.82, 2.24) is 5.43 Å². The van der Waals surface area contributed by atoms with Crippen LogP contribution in [0.15, 0.2) is 108 Å². The minimum Gasteiger partial charge on any atom is -0.489 e. The largest absolute Gasteiger partial charge is 0.489 e. The maximum atomic E-state index is 12.3. The van der Waals surface area contributed by atoms with Crippen molar-refractivity contribution in [2.75, 3.05) is 0 Å². The highest BCUT2D eigenvalue weighted by molar-refractivity contribution is 6.30. The van der Waals surface area contributed by atoms with Gasteiger partial charge in [-0.1, -0.05) is 72.3 Å². The van der Waals surface area contributed by atoms with Gasteiger partial charge in [0.05, 0.1) is 6.21 Å². The SMILES string of the molecule is O=C(NN=Cc1ccc(OCc2ccccc2)cc1OCc1ccccc1)c1ccc(Cl)cc1. The number of nitrogens with one attached hydrogen (secondary N) is 1. The van der Waals surface area contributed by atoms with Crippen LogP contribution in [0.3, 0.4) is 0 Å². The highest BCUT2D eigenvalue weighted by atomic mass is 35.5. The molecule has 170 valence electrons. The van der Waals surface area contributed by atoms with Gasteiger partial charge in [-0.15, -0.1) is 0 Å². The summed E-state index contributed by atoms with van der Waals surface area (Å²) in [6.07, 6.45) is 1.55. The molecule has 0 aliphatic rings. The molecule has 0 radical (unpaired) electrons. The molecule has 0 atom stereocenters. The summed E-state index contributed by atoms with van der Waals surface area (Å²) < 4.78 is 12.0. The van der Waals surface area contributed by atoms with Crippen molar-refractivity contribution < 1.29 is 14.3 Å². The smallest absolute Gasteiger partial charge is 0.271 e. The highest BCUT2D eigenvalue weighted by Crippen LogP contribution is 2.25. The van der Waals surface area contributed by atoms with Crippen molar-refractivity contribution in [3.8, 4) is 11.5 Å². The molecule has 0 aromatic heterocycles. The van der Waals surface area contributed by atoms with Crippen LogP contribution >= 0.6 is 11.6 Å². The van der Waals surface area contributed by atoms with E-state index in [-0.39, 0.29) is 5.91 Å². The number of halogens is 1. The Hall–Kier alpha value is -4.09. The summed E-state index contributed by atoms with van der Waals surface area (Å²) in [5.74, 6) is 0.940. The maximum Gasteiger partial charge on any atom is 0.271 e. The zero-order valence-corrected chi connectivity index (χ0v) is 19.1. The number of carbonyl (C=O) groups is 1. The second kappa shape index (κ2) is 11.7. The lowest BCUT2D eigenvalue weighted by Crippen LogP contribution is -2.17. The van der Waals surface area contributed by atoms with Gasteiger partial charge in [0, 0.05) is 22.2 Å². The fourth-order valence-electron chi connectivity index (χ4n) is 3.14. The number of nitrogens with zero attached hydrogens (tertiary/aromatic N) is 1. The van der Waals surface area contributed by atoms with E-state index in [1.165, 1.54) is 0 Å². The zero-order valence-electron chi connectivity index (χ0n) is 18.4. The first-order chi connectivity index (χ1) is 16.7. The quantitative estimate of drug-likeness (QED) is 0.232. The number of benzene rings is 4. The van der Waals surface area contributed by atoms with E-state index in [9.17, 15) is 4.79 Å². The average Bonchev–Trinajstić information content (AvgIpc) is 2.88.